The number of carbonyl (C=O) groups excluding carboxylic acids is 1. The molecule has 1 aromatic heterocycles. The first-order valence-electron chi connectivity index (χ1n) is 7.73. The van der Waals surface area contributed by atoms with Crippen molar-refractivity contribution in [1.82, 2.24) is 15.3 Å². The van der Waals surface area contributed by atoms with Crippen LogP contribution < -0.4 is 16.0 Å². The van der Waals surface area contributed by atoms with E-state index in [1.165, 1.54) is 0 Å². The van der Waals surface area contributed by atoms with Gasteiger partial charge in [-0.2, -0.15) is 4.98 Å². The molecule has 0 radical (unpaired) electrons. The van der Waals surface area contributed by atoms with Gasteiger partial charge in [-0.1, -0.05) is 6.92 Å². The molecule has 2 fully saturated rings. The second-order valence-corrected chi connectivity index (χ2v) is 6.34. The zero-order chi connectivity index (χ0) is 15.7. The van der Waals surface area contributed by atoms with E-state index in [0.717, 1.165) is 18.7 Å². The molecule has 1 saturated carbocycles. The Morgan fingerprint density at radius 1 is 1.45 bits per heavy atom. The fourth-order valence-corrected chi connectivity index (χ4v) is 3.30. The van der Waals surface area contributed by atoms with Crippen LogP contribution in [0.3, 0.4) is 0 Å². The van der Waals surface area contributed by atoms with E-state index in [1.54, 1.807) is 13.3 Å². The first-order chi connectivity index (χ1) is 10.6. The molecule has 0 aromatic carbocycles. The molecule has 120 valence electrons. The van der Waals surface area contributed by atoms with Gasteiger partial charge in [-0.3, -0.25) is 4.79 Å². The summed E-state index contributed by atoms with van der Waals surface area (Å²) in [6, 6.07) is 1.80. The average Bonchev–Trinajstić information content (AvgIpc) is 2.87. The van der Waals surface area contributed by atoms with E-state index in [9.17, 15) is 4.79 Å². The molecule has 3 N–H and O–H groups in total. The van der Waals surface area contributed by atoms with Gasteiger partial charge in [-0.25, -0.2) is 4.98 Å². The Morgan fingerprint density at radius 2 is 2.23 bits per heavy atom. The second-order valence-electron chi connectivity index (χ2n) is 6.34. The number of ether oxygens (including phenoxy) is 1. The van der Waals surface area contributed by atoms with Crippen LogP contribution in [0.5, 0.6) is 0 Å². The summed E-state index contributed by atoms with van der Waals surface area (Å²) in [5, 5.41) is 3.14. The van der Waals surface area contributed by atoms with Gasteiger partial charge in [-0.15, -0.1) is 0 Å². The summed E-state index contributed by atoms with van der Waals surface area (Å²) < 4.78 is 5.53. The van der Waals surface area contributed by atoms with Crippen LogP contribution in [0, 0.1) is 11.8 Å². The Balaban J connectivity index is 1.63. The topological polar surface area (TPSA) is 93.4 Å². The zero-order valence-electron chi connectivity index (χ0n) is 13.0. The standard InChI is InChI=1S/C15H23N5O2/c1-9-5-10(6-9)14(21)18-11-7-20(8-12(11)22-2)13-3-4-17-15(16)19-13/h3-4,9-12H,5-8H2,1-2H3,(H,18,21)(H2,16,17,19)/t9?,10?,11-,12+/m0/s1. The molecular weight excluding hydrogens is 282 g/mol. The summed E-state index contributed by atoms with van der Waals surface area (Å²) in [6.45, 7) is 3.53. The maximum atomic E-state index is 12.3. The lowest BCUT2D eigenvalue weighted by atomic mass is 9.75. The molecule has 1 aromatic rings. The summed E-state index contributed by atoms with van der Waals surface area (Å²) in [6.07, 6.45) is 3.57. The molecule has 3 rings (SSSR count). The Kier molecular flexibility index (Phi) is 4.15. The van der Waals surface area contributed by atoms with E-state index >= 15 is 0 Å². The molecule has 0 unspecified atom stereocenters. The predicted molar refractivity (Wildman–Crippen MR) is 83.3 cm³/mol. The van der Waals surface area contributed by atoms with Gasteiger partial charge in [0.2, 0.25) is 11.9 Å². The number of rotatable bonds is 4. The van der Waals surface area contributed by atoms with Gasteiger partial charge in [0, 0.05) is 32.3 Å². The van der Waals surface area contributed by atoms with Crippen molar-refractivity contribution in [3.05, 3.63) is 12.3 Å². The SMILES string of the molecule is CO[C@@H]1CN(c2ccnc(N)n2)C[C@@H]1NC(=O)C1CC(C)C1. The lowest BCUT2D eigenvalue weighted by molar-refractivity contribution is -0.130. The number of amides is 1. The van der Waals surface area contributed by atoms with Crippen LogP contribution >= 0.6 is 0 Å². The van der Waals surface area contributed by atoms with Crippen molar-refractivity contribution in [2.24, 2.45) is 11.8 Å². The number of anilines is 2. The van der Waals surface area contributed by atoms with Gasteiger partial charge in [0.15, 0.2) is 0 Å². The Labute approximate surface area is 130 Å². The third kappa shape index (κ3) is 2.99. The number of nitrogens with two attached hydrogens (primary N) is 1. The van der Waals surface area contributed by atoms with Gasteiger partial charge in [0.1, 0.15) is 5.82 Å². The van der Waals surface area contributed by atoms with Crippen molar-refractivity contribution in [3.63, 3.8) is 0 Å². The molecule has 0 spiro atoms. The first kappa shape index (κ1) is 15.0. The normalized spacial score (nSPS) is 30.9. The third-order valence-electron chi connectivity index (χ3n) is 4.62. The summed E-state index contributed by atoms with van der Waals surface area (Å²) in [4.78, 5) is 22.5. The van der Waals surface area contributed by atoms with Crippen molar-refractivity contribution in [1.29, 1.82) is 0 Å². The Bertz CT molecular complexity index is 546. The van der Waals surface area contributed by atoms with E-state index in [-0.39, 0.29) is 29.9 Å². The first-order valence-corrected chi connectivity index (χ1v) is 7.73. The highest BCUT2D eigenvalue weighted by atomic mass is 16.5. The van der Waals surface area contributed by atoms with Crippen molar-refractivity contribution < 1.29 is 9.53 Å². The smallest absolute Gasteiger partial charge is 0.223 e. The van der Waals surface area contributed by atoms with E-state index in [2.05, 4.69) is 27.1 Å². The maximum Gasteiger partial charge on any atom is 0.223 e. The minimum absolute atomic E-state index is 0.0235. The number of hydrogen-bond donors (Lipinski definition) is 2. The number of nitrogen functional groups attached to an aromatic ring is 1. The van der Waals surface area contributed by atoms with E-state index in [4.69, 9.17) is 10.5 Å². The predicted octanol–water partition coefficient (Wildman–Crippen LogP) is 0.425. The number of aromatic nitrogens is 2. The van der Waals surface area contributed by atoms with Crippen LogP contribution in [0.1, 0.15) is 19.8 Å². The number of carbonyl (C=O) groups is 1. The average molecular weight is 305 g/mol. The molecule has 7 nitrogen and oxygen atoms in total. The number of methoxy groups -OCH3 is 1. The molecule has 22 heavy (non-hydrogen) atoms. The highest BCUT2D eigenvalue weighted by Crippen LogP contribution is 2.33. The van der Waals surface area contributed by atoms with Gasteiger partial charge in [0.25, 0.3) is 0 Å². The molecule has 0 bridgehead atoms. The van der Waals surface area contributed by atoms with Gasteiger partial charge < -0.3 is 20.7 Å². The molecule has 1 aliphatic carbocycles. The fraction of sp³-hybridized carbons (Fsp3) is 0.667. The largest absolute Gasteiger partial charge is 0.377 e. The number of hydrogen-bond acceptors (Lipinski definition) is 6. The molecule has 1 aliphatic heterocycles. The van der Waals surface area contributed by atoms with E-state index < -0.39 is 0 Å². The molecule has 2 aliphatic rings. The lowest BCUT2D eigenvalue weighted by Crippen LogP contribution is -2.48. The minimum atomic E-state index is -0.0439. The summed E-state index contributed by atoms with van der Waals surface area (Å²) >= 11 is 0. The van der Waals surface area contributed by atoms with Crippen LogP contribution in [-0.2, 0) is 9.53 Å². The van der Waals surface area contributed by atoms with E-state index in [0.29, 0.717) is 19.0 Å². The highest BCUT2D eigenvalue weighted by molar-refractivity contribution is 5.80. The van der Waals surface area contributed by atoms with Gasteiger partial charge in [-0.05, 0) is 24.8 Å². The van der Waals surface area contributed by atoms with Crippen LogP contribution in [-0.4, -0.2) is 48.2 Å². The third-order valence-corrected chi connectivity index (χ3v) is 4.62. The molecular formula is C15H23N5O2. The monoisotopic (exact) mass is 305 g/mol. The van der Waals surface area contributed by atoms with Gasteiger partial charge >= 0.3 is 0 Å². The molecule has 7 heteroatoms. The van der Waals surface area contributed by atoms with E-state index in [1.807, 2.05) is 6.07 Å². The lowest BCUT2D eigenvalue weighted by Gasteiger charge is -2.32. The Hall–Kier alpha value is -1.89. The molecule has 2 atom stereocenters. The molecule has 2 heterocycles. The molecule has 1 amide bonds. The number of nitrogens with zero attached hydrogens (tertiary/aromatic N) is 3. The number of nitrogens with one attached hydrogen (secondary N) is 1. The summed E-state index contributed by atoms with van der Waals surface area (Å²) in [7, 11) is 1.67. The van der Waals surface area contributed by atoms with Gasteiger partial charge in [0.05, 0.1) is 12.1 Å². The second kappa shape index (κ2) is 6.08. The van der Waals surface area contributed by atoms with Crippen LogP contribution in [0.2, 0.25) is 0 Å². The minimum Gasteiger partial charge on any atom is -0.377 e. The molecule has 1 saturated heterocycles. The van der Waals surface area contributed by atoms with Crippen molar-refractivity contribution in [2.45, 2.75) is 31.9 Å². The Morgan fingerprint density at radius 3 is 2.86 bits per heavy atom. The van der Waals surface area contributed by atoms with Crippen molar-refractivity contribution in [2.75, 3.05) is 30.8 Å². The summed E-state index contributed by atoms with van der Waals surface area (Å²) in [5.41, 5.74) is 5.64. The summed E-state index contributed by atoms with van der Waals surface area (Å²) in [5.74, 6) is 1.99. The fourth-order valence-electron chi connectivity index (χ4n) is 3.30. The quantitative estimate of drug-likeness (QED) is 0.837. The van der Waals surface area contributed by atoms with Crippen molar-refractivity contribution in [3.8, 4) is 0 Å². The van der Waals surface area contributed by atoms with Crippen LogP contribution in [0.25, 0.3) is 0 Å². The highest BCUT2D eigenvalue weighted by Gasteiger charge is 2.38. The zero-order valence-corrected chi connectivity index (χ0v) is 13.0. The van der Waals surface area contributed by atoms with Crippen LogP contribution in [0.15, 0.2) is 12.3 Å². The van der Waals surface area contributed by atoms with Crippen molar-refractivity contribution >= 4 is 17.7 Å². The van der Waals surface area contributed by atoms with Crippen LogP contribution in [0.4, 0.5) is 11.8 Å². The maximum absolute atomic E-state index is 12.3.